The van der Waals surface area contributed by atoms with Crippen molar-refractivity contribution in [3.05, 3.63) is 23.3 Å². The largest absolute Gasteiger partial charge is 0.459 e. The van der Waals surface area contributed by atoms with Gasteiger partial charge in [0.1, 0.15) is 0 Å². The molecule has 0 radical (unpaired) electrons. The van der Waals surface area contributed by atoms with E-state index < -0.39 is 5.97 Å². The first-order valence-electron chi connectivity index (χ1n) is 4.18. The number of carbonyl (C=O) groups excluding carboxylic acids is 1. The van der Waals surface area contributed by atoms with Gasteiger partial charge < -0.3 is 4.74 Å². The maximum Gasteiger partial charge on any atom is 0.384 e. The lowest BCUT2D eigenvalue weighted by Crippen LogP contribution is -1.95. The molecule has 1 rings (SSSR count). The number of esters is 1. The third-order valence-corrected chi connectivity index (χ3v) is 1.87. The minimum atomic E-state index is -0.479. The summed E-state index contributed by atoms with van der Waals surface area (Å²) in [6, 6.07) is 0. The van der Waals surface area contributed by atoms with Crippen LogP contribution in [0.2, 0.25) is 0 Å². The minimum absolute atomic E-state index is 0.479. The molecule has 0 amide bonds. The van der Waals surface area contributed by atoms with Gasteiger partial charge in [0.15, 0.2) is 0 Å². The van der Waals surface area contributed by atoms with Gasteiger partial charge in [-0.15, -0.1) is 0 Å². The Morgan fingerprint density at radius 2 is 2.23 bits per heavy atom. The van der Waals surface area contributed by atoms with Crippen molar-refractivity contribution in [2.24, 2.45) is 0 Å². The summed E-state index contributed by atoms with van der Waals surface area (Å²) in [5.74, 6) is 4.71. The number of hydrogen-bond donors (Lipinski definition) is 0. The van der Waals surface area contributed by atoms with E-state index in [-0.39, 0.29) is 0 Å². The lowest BCUT2D eigenvalue weighted by Gasteiger charge is -2.05. The Hall–Kier alpha value is -1.49. The van der Waals surface area contributed by atoms with Crippen molar-refractivity contribution in [1.29, 1.82) is 0 Å². The molecule has 0 N–H and O–H groups in total. The van der Waals surface area contributed by atoms with Gasteiger partial charge in [-0.25, -0.2) is 4.79 Å². The first kappa shape index (κ1) is 9.60. The van der Waals surface area contributed by atoms with E-state index in [0.717, 1.165) is 18.4 Å². The van der Waals surface area contributed by atoms with Crippen LogP contribution in [0.4, 0.5) is 0 Å². The highest BCUT2D eigenvalue weighted by molar-refractivity contribution is 5.88. The van der Waals surface area contributed by atoms with E-state index in [1.165, 1.54) is 12.7 Å². The standard InChI is InChI=1S/C11H12O2/c1-9-3-5-10(6-4-9)7-8-11(12)13-2/h3,5H,4,6H2,1-2H3. The summed E-state index contributed by atoms with van der Waals surface area (Å²) in [7, 11) is 1.33. The van der Waals surface area contributed by atoms with Crippen molar-refractivity contribution in [2.75, 3.05) is 7.11 Å². The Bertz CT molecular complexity index is 324. The first-order valence-corrected chi connectivity index (χ1v) is 4.18. The van der Waals surface area contributed by atoms with Crippen LogP contribution in [-0.2, 0) is 9.53 Å². The van der Waals surface area contributed by atoms with E-state index in [1.54, 1.807) is 0 Å². The number of methoxy groups -OCH3 is 1. The summed E-state index contributed by atoms with van der Waals surface area (Å²) in [4.78, 5) is 10.7. The molecule has 0 bridgehead atoms. The lowest BCUT2D eigenvalue weighted by atomic mass is 10.00. The molecule has 0 aromatic rings. The van der Waals surface area contributed by atoms with Crippen LogP contribution in [0.25, 0.3) is 0 Å². The second kappa shape index (κ2) is 4.51. The molecule has 0 heterocycles. The zero-order valence-electron chi connectivity index (χ0n) is 7.89. The Kier molecular flexibility index (Phi) is 3.33. The maximum absolute atomic E-state index is 10.7. The summed E-state index contributed by atoms with van der Waals surface area (Å²) in [6.07, 6.45) is 5.94. The zero-order valence-corrected chi connectivity index (χ0v) is 7.89. The van der Waals surface area contributed by atoms with Gasteiger partial charge in [-0.05, 0) is 19.8 Å². The highest BCUT2D eigenvalue weighted by Gasteiger charge is 2.00. The molecule has 13 heavy (non-hydrogen) atoms. The molecule has 68 valence electrons. The maximum atomic E-state index is 10.7. The van der Waals surface area contributed by atoms with Crippen molar-refractivity contribution in [1.82, 2.24) is 0 Å². The molecule has 0 spiro atoms. The second-order valence-corrected chi connectivity index (χ2v) is 2.95. The first-order chi connectivity index (χ1) is 6.22. The molecule has 2 heteroatoms. The van der Waals surface area contributed by atoms with E-state index in [9.17, 15) is 4.79 Å². The normalized spacial score (nSPS) is 14.9. The van der Waals surface area contributed by atoms with Gasteiger partial charge in [-0.1, -0.05) is 23.6 Å². The summed E-state index contributed by atoms with van der Waals surface area (Å²) >= 11 is 0. The smallest absolute Gasteiger partial charge is 0.384 e. The third kappa shape index (κ3) is 3.16. The van der Waals surface area contributed by atoms with Crippen LogP contribution in [0.5, 0.6) is 0 Å². The van der Waals surface area contributed by atoms with Gasteiger partial charge in [0, 0.05) is 11.5 Å². The van der Waals surface area contributed by atoms with Crippen LogP contribution < -0.4 is 0 Å². The molecule has 0 atom stereocenters. The van der Waals surface area contributed by atoms with Gasteiger partial charge in [-0.3, -0.25) is 0 Å². The molecular weight excluding hydrogens is 164 g/mol. The summed E-state index contributed by atoms with van der Waals surface area (Å²) in [5.41, 5.74) is 2.35. The van der Waals surface area contributed by atoms with Crippen LogP contribution in [-0.4, -0.2) is 13.1 Å². The molecule has 1 aliphatic carbocycles. The van der Waals surface area contributed by atoms with Crippen LogP contribution in [0.15, 0.2) is 23.3 Å². The fourth-order valence-electron chi connectivity index (χ4n) is 1.03. The van der Waals surface area contributed by atoms with Crippen molar-refractivity contribution < 1.29 is 9.53 Å². The molecule has 0 aromatic carbocycles. The molecule has 0 saturated heterocycles. The van der Waals surface area contributed by atoms with Crippen molar-refractivity contribution in [3.63, 3.8) is 0 Å². The molecular formula is C11H12O2. The Morgan fingerprint density at radius 3 is 2.77 bits per heavy atom. The van der Waals surface area contributed by atoms with Crippen LogP contribution >= 0.6 is 0 Å². The van der Waals surface area contributed by atoms with Gasteiger partial charge >= 0.3 is 5.97 Å². The van der Waals surface area contributed by atoms with E-state index in [0.29, 0.717) is 0 Å². The monoisotopic (exact) mass is 176 g/mol. The van der Waals surface area contributed by atoms with E-state index in [1.807, 2.05) is 12.2 Å². The quantitative estimate of drug-likeness (QED) is 0.320. The van der Waals surface area contributed by atoms with E-state index in [2.05, 4.69) is 23.5 Å². The SMILES string of the molecule is COC(=O)C#CC1=CC=C(C)CC1. The Labute approximate surface area is 78.3 Å². The Balaban J connectivity index is 2.63. The predicted octanol–water partition coefficient (Wildman–Crippen LogP) is 1.83. The van der Waals surface area contributed by atoms with Crippen LogP contribution in [0, 0.1) is 11.8 Å². The van der Waals surface area contributed by atoms with Crippen molar-refractivity contribution in [3.8, 4) is 11.8 Å². The van der Waals surface area contributed by atoms with E-state index >= 15 is 0 Å². The molecule has 0 aliphatic heterocycles. The summed E-state index contributed by atoms with van der Waals surface area (Å²) in [6.45, 7) is 2.08. The topological polar surface area (TPSA) is 26.3 Å². The predicted molar refractivity (Wildman–Crippen MR) is 50.9 cm³/mol. The number of rotatable bonds is 0. The van der Waals surface area contributed by atoms with Gasteiger partial charge in [0.05, 0.1) is 7.11 Å². The fourth-order valence-corrected chi connectivity index (χ4v) is 1.03. The van der Waals surface area contributed by atoms with E-state index in [4.69, 9.17) is 0 Å². The molecule has 0 fully saturated rings. The molecule has 0 saturated carbocycles. The average molecular weight is 176 g/mol. The fraction of sp³-hybridized carbons (Fsp3) is 0.364. The summed E-state index contributed by atoms with van der Waals surface area (Å²) in [5, 5.41) is 0. The van der Waals surface area contributed by atoms with Gasteiger partial charge in [0.2, 0.25) is 0 Å². The number of hydrogen-bond acceptors (Lipinski definition) is 2. The molecule has 0 unspecified atom stereocenters. The van der Waals surface area contributed by atoms with Crippen molar-refractivity contribution >= 4 is 5.97 Å². The molecule has 2 nitrogen and oxygen atoms in total. The number of ether oxygens (including phenoxy) is 1. The molecule has 1 aliphatic rings. The van der Waals surface area contributed by atoms with Gasteiger partial charge in [-0.2, -0.15) is 0 Å². The molecule has 0 aromatic heterocycles. The zero-order chi connectivity index (χ0) is 9.68. The van der Waals surface area contributed by atoms with Crippen LogP contribution in [0.3, 0.4) is 0 Å². The van der Waals surface area contributed by atoms with Gasteiger partial charge in [0.25, 0.3) is 0 Å². The summed E-state index contributed by atoms with van der Waals surface area (Å²) < 4.78 is 4.41. The lowest BCUT2D eigenvalue weighted by molar-refractivity contribution is -0.133. The highest BCUT2D eigenvalue weighted by Crippen LogP contribution is 2.16. The average Bonchev–Trinajstić information content (AvgIpc) is 2.16. The number of allylic oxidation sites excluding steroid dienone is 4. The number of carbonyl (C=O) groups is 1. The Morgan fingerprint density at radius 1 is 1.46 bits per heavy atom. The second-order valence-electron chi connectivity index (χ2n) is 2.95. The minimum Gasteiger partial charge on any atom is -0.459 e. The highest BCUT2D eigenvalue weighted by atomic mass is 16.5. The van der Waals surface area contributed by atoms with Crippen LogP contribution in [0.1, 0.15) is 19.8 Å². The third-order valence-electron chi connectivity index (χ3n) is 1.87. The van der Waals surface area contributed by atoms with Crippen molar-refractivity contribution in [2.45, 2.75) is 19.8 Å².